The van der Waals surface area contributed by atoms with Crippen molar-refractivity contribution in [3.05, 3.63) is 0 Å². The lowest BCUT2D eigenvalue weighted by Gasteiger charge is -2.40. The molecule has 1 saturated heterocycles. The summed E-state index contributed by atoms with van der Waals surface area (Å²) in [6.45, 7) is 4.81. The fraction of sp³-hybridized carbons (Fsp3) is 0.889. The maximum atomic E-state index is 11.4. The van der Waals surface area contributed by atoms with Crippen molar-refractivity contribution in [3.8, 4) is 0 Å². The van der Waals surface area contributed by atoms with Crippen LogP contribution in [0.1, 0.15) is 13.8 Å². The number of morpholine rings is 1. The summed E-state index contributed by atoms with van der Waals surface area (Å²) in [6, 6.07) is -0.150. The van der Waals surface area contributed by atoms with Crippen molar-refractivity contribution < 1.29 is 14.6 Å². The molecule has 3 unspecified atom stereocenters. The summed E-state index contributed by atoms with van der Waals surface area (Å²) in [7, 11) is 0. The molecule has 1 heterocycles. The Morgan fingerprint density at radius 1 is 1.80 bits per heavy atom. The van der Waals surface area contributed by atoms with E-state index in [1.807, 2.05) is 11.8 Å². The Morgan fingerprint density at radius 3 is 3.00 bits per heavy atom. The summed E-state index contributed by atoms with van der Waals surface area (Å²) in [5, 5.41) is 9.00. The number of nitrogens with zero attached hydrogens (tertiary/aromatic N) is 1. The topological polar surface area (TPSA) is 87.8 Å². The van der Waals surface area contributed by atoms with Gasteiger partial charge in [-0.05, 0) is 13.8 Å². The zero-order valence-corrected chi connectivity index (χ0v) is 9.14. The number of hydrogen-bond acceptors (Lipinski definition) is 5. The lowest BCUT2D eigenvalue weighted by Crippen LogP contribution is -2.57. The van der Waals surface area contributed by atoms with E-state index in [4.69, 9.17) is 15.7 Å². The largest absolute Gasteiger partial charge is 0.394 e. The van der Waals surface area contributed by atoms with Crippen molar-refractivity contribution in [2.75, 3.05) is 19.8 Å². The van der Waals surface area contributed by atoms with Crippen LogP contribution in [0.25, 0.3) is 0 Å². The maximum Gasteiger partial charge on any atom is 0.250 e. The number of aliphatic hydroxyl groups is 1. The van der Waals surface area contributed by atoms with Crippen LogP contribution < -0.4 is 11.3 Å². The minimum absolute atomic E-state index is 0.0276. The number of aliphatic hydroxyl groups excluding tert-OH is 1. The van der Waals surface area contributed by atoms with Gasteiger partial charge in [-0.15, -0.1) is 0 Å². The Kier molecular flexibility index (Phi) is 4.46. The highest BCUT2D eigenvalue weighted by Gasteiger charge is 2.31. The number of rotatable bonds is 3. The number of carbonyl (C=O) groups is 1. The van der Waals surface area contributed by atoms with Crippen LogP contribution >= 0.6 is 0 Å². The van der Waals surface area contributed by atoms with Gasteiger partial charge in [-0.1, -0.05) is 0 Å². The van der Waals surface area contributed by atoms with Crippen LogP contribution in [0.4, 0.5) is 0 Å². The van der Waals surface area contributed by atoms with Crippen LogP contribution in [0, 0.1) is 0 Å². The van der Waals surface area contributed by atoms with Crippen molar-refractivity contribution >= 4 is 5.91 Å². The number of hydrazine groups is 1. The van der Waals surface area contributed by atoms with E-state index < -0.39 is 0 Å². The van der Waals surface area contributed by atoms with Gasteiger partial charge in [0.25, 0.3) is 5.91 Å². The molecular formula is C9H19N3O3. The van der Waals surface area contributed by atoms with Crippen LogP contribution in [0.5, 0.6) is 0 Å². The van der Waals surface area contributed by atoms with Gasteiger partial charge in [0.2, 0.25) is 0 Å². The van der Waals surface area contributed by atoms with Gasteiger partial charge in [0, 0.05) is 12.6 Å². The zero-order valence-electron chi connectivity index (χ0n) is 9.14. The first kappa shape index (κ1) is 12.4. The highest BCUT2D eigenvalue weighted by molar-refractivity contribution is 5.80. The van der Waals surface area contributed by atoms with Gasteiger partial charge in [0.05, 0.1) is 25.4 Å². The predicted molar refractivity (Wildman–Crippen MR) is 54.8 cm³/mol. The summed E-state index contributed by atoms with van der Waals surface area (Å²) in [4.78, 5) is 13.3. The summed E-state index contributed by atoms with van der Waals surface area (Å²) in [5.74, 6) is 4.86. The monoisotopic (exact) mass is 217 g/mol. The van der Waals surface area contributed by atoms with Gasteiger partial charge in [-0.25, -0.2) is 5.84 Å². The van der Waals surface area contributed by atoms with Crippen molar-refractivity contribution in [1.82, 2.24) is 10.3 Å². The molecule has 0 aliphatic carbocycles. The van der Waals surface area contributed by atoms with E-state index in [2.05, 4.69) is 5.43 Å². The average Bonchev–Trinajstić information content (AvgIpc) is 2.27. The molecule has 6 nitrogen and oxygen atoms in total. The lowest BCUT2D eigenvalue weighted by molar-refractivity contribution is -0.134. The summed E-state index contributed by atoms with van der Waals surface area (Å²) >= 11 is 0. The van der Waals surface area contributed by atoms with Crippen LogP contribution in [0.2, 0.25) is 0 Å². The smallest absolute Gasteiger partial charge is 0.250 e. The van der Waals surface area contributed by atoms with Gasteiger partial charge < -0.3 is 9.84 Å². The lowest BCUT2D eigenvalue weighted by atomic mass is 10.1. The first-order chi connectivity index (χ1) is 7.10. The Labute approximate surface area is 89.3 Å². The van der Waals surface area contributed by atoms with Gasteiger partial charge in [-0.2, -0.15) is 0 Å². The molecule has 4 N–H and O–H groups in total. The molecule has 0 radical (unpaired) electrons. The molecule has 88 valence electrons. The third-order valence-electron chi connectivity index (χ3n) is 2.78. The summed E-state index contributed by atoms with van der Waals surface area (Å²) < 4.78 is 5.38. The number of hydrogen-bond donors (Lipinski definition) is 3. The number of amides is 1. The fourth-order valence-electron chi connectivity index (χ4n) is 1.76. The molecule has 1 aliphatic heterocycles. The third kappa shape index (κ3) is 2.88. The number of ether oxygens (including phenoxy) is 1. The summed E-state index contributed by atoms with van der Waals surface area (Å²) in [5.41, 5.74) is 2.13. The van der Waals surface area contributed by atoms with Gasteiger partial charge >= 0.3 is 0 Å². The molecule has 0 aromatic heterocycles. The van der Waals surface area contributed by atoms with Gasteiger partial charge in [0.1, 0.15) is 0 Å². The third-order valence-corrected chi connectivity index (χ3v) is 2.78. The fourth-order valence-corrected chi connectivity index (χ4v) is 1.76. The number of nitrogens with one attached hydrogen (secondary N) is 1. The second kappa shape index (κ2) is 5.41. The van der Waals surface area contributed by atoms with Crippen LogP contribution in [-0.4, -0.2) is 53.9 Å². The van der Waals surface area contributed by atoms with E-state index >= 15 is 0 Å². The molecular weight excluding hydrogens is 198 g/mol. The molecule has 1 rings (SSSR count). The normalized spacial score (nSPS) is 29.9. The molecule has 1 aliphatic rings. The van der Waals surface area contributed by atoms with E-state index in [1.165, 1.54) is 0 Å². The Morgan fingerprint density at radius 2 is 2.47 bits per heavy atom. The molecule has 3 atom stereocenters. The first-order valence-corrected chi connectivity index (χ1v) is 5.08. The van der Waals surface area contributed by atoms with Gasteiger partial charge in [0.15, 0.2) is 0 Å². The van der Waals surface area contributed by atoms with Gasteiger partial charge in [-0.3, -0.25) is 15.1 Å². The van der Waals surface area contributed by atoms with Crippen LogP contribution in [0.3, 0.4) is 0 Å². The Bertz CT molecular complexity index is 225. The minimum Gasteiger partial charge on any atom is -0.394 e. The molecule has 0 aromatic rings. The highest BCUT2D eigenvalue weighted by atomic mass is 16.5. The second-order valence-electron chi connectivity index (χ2n) is 3.87. The summed E-state index contributed by atoms with van der Waals surface area (Å²) in [6.07, 6.45) is -0.214. The molecule has 0 aromatic carbocycles. The van der Waals surface area contributed by atoms with E-state index in [-0.39, 0.29) is 30.7 Å². The SMILES string of the molecule is CC1COC(CO)CN1C(C)C(=O)NN. The molecule has 0 saturated carbocycles. The van der Waals surface area contributed by atoms with E-state index in [0.29, 0.717) is 13.2 Å². The molecule has 0 spiro atoms. The van der Waals surface area contributed by atoms with Crippen LogP contribution in [-0.2, 0) is 9.53 Å². The molecule has 1 amide bonds. The first-order valence-electron chi connectivity index (χ1n) is 5.08. The molecule has 15 heavy (non-hydrogen) atoms. The van der Waals surface area contributed by atoms with Crippen molar-refractivity contribution in [2.24, 2.45) is 5.84 Å². The van der Waals surface area contributed by atoms with E-state index in [9.17, 15) is 4.79 Å². The van der Waals surface area contributed by atoms with E-state index in [0.717, 1.165) is 0 Å². The van der Waals surface area contributed by atoms with E-state index in [1.54, 1.807) is 6.92 Å². The van der Waals surface area contributed by atoms with Crippen molar-refractivity contribution in [3.63, 3.8) is 0 Å². The molecule has 1 fully saturated rings. The quantitative estimate of drug-likeness (QED) is 0.302. The number of carbonyl (C=O) groups excluding carboxylic acids is 1. The highest BCUT2D eigenvalue weighted by Crippen LogP contribution is 2.14. The zero-order chi connectivity index (χ0) is 11.4. The molecule has 6 heteroatoms. The van der Waals surface area contributed by atoms with Crippen molar-refractivity contribution in [1.29, 1.82) is 0 Å². The Balaban J connectivity index is 2.60. The standard InChI is InChI=1S/C9H19N3O3/c1-6-5-15-8(4-13)3-12(6)7(2)9(14)11-10/h6-8,13H,3-5,10H2,1-2H3,(H,11,14). The predicted octanol–water partition coefficient (Wildman–Crippen LogP) is -1.55. The maximum absolute atomic E-state index is 11.4. The Hall–Kier alpha value is -0.690. The second-order valence-corrected chi connectivity index (χ2v) is 3.87. The average molecular weight is 217 g/mol. The number of nitrogens with two attached hydrogens (primary N) is 1. The van der Waals surface area contributed by atoms with Crippen LogP contribution in [0.15, 0.2) is 0 Å². The minimum atomic E-state index is -0.303. The van der Waals surface area contributed by atoms with Crippen molar-refractivity contribution in [2.45, 2.75) is 32.0 Å². The molecule has 0 bridgehead atoms.